The van der Waals surface area contributed by atoms with Crippen molar-refractivity contribution in [1.29, 1.82) is 0 Å². The van der Waals surface area contributed by atoms with Gasteiger partial charge in [-0.15, -0.1) is 0 Å². The van der Waals surface area contributed by atoms with Crippen molar-refractivity contribution in [2.24, 2.45) is 0 Å². The molecule has 1 atom stereocenters. The van der Waals surface area contributed by atoms with Gasteiger partial charge in [0.25, 0.3) is 0 Å². The molecule has 8 nitrogen and oxygen atoms in total. The first-order chi connectivity index (χ1) is 18.5. The smallest absolute Gasteiger partial charge is 0.338 e. The average molecular weight is 551 g/mol. The second kappa shape index (κ2) is 11.2. The number of hydrogen-bond donors (Lipinski definition) is 1. The highest BCUT2D eigenvalue weighted by molar-refractivity contribution is 6.35. The standard InChI is InChI=1S/C28H24Cl2N4O4/c1-3-37-23-13-18(10-12-22(23)38-15-19-9-11-20(29)14-21(19)30)26-24(27(35)36-2)25(17-7-5-4-6-8-17)33-28-31-16-32-34(26)28/h4-14,16,26H,3,15H2,1-2H3,(H,31,32,33)/t26-/m0/s1. The van der Waals surface area contributed by atoms with Crippen molar-refractivity contribution in [3.63, 3.8) is 0 Å². The number of rotatable bonds is 8. The number of nitrogens with one attached hydrogen (secondary N) is 1. The zero-order valence-corrected chi connectivity index (χ0v) is 22.2. The Morgan fingerprint density at radius 3 is 2.58 bits per heavy atom. The van der Waals surface area contributed by atoms with Gasteiger partial charge in [-0.1, -0.05) is 65.7 Å². The molecule has 0 amide bonds. The van der Waals surface area contributed by atoms with Crippen LogP contribution in [0.15, 0.2) is 78.6 Å². The van der Waals surface area contributed by atoms with Crippen molar-refractivity contribution in [3.05, 3.63) is 105 Å². The number of anilines is 1. The highest BCUT2D eigenvalue weighted by atomic mass is 35.5. The Morgan fingerprint density at radius 2 is 1.84 bits per heavy atom. The highest BCUT2D eigenvalue weighted by Gasteiger charge is 2.36. The topological polar surface area (TPSA) is 87.5 Å². The van der Waals surface area contributed by atoms with E-state index in [1.54, 1.807) is 22.9 Å². The molecule has 10 heteroatoms. The van der Waals surface area contributed by atoms with Crippen LogP contribution >= 0.6 is 23.2 Å². The van der Waals surface area contributed by atoms with Crippen LogP contribution < -0.4 is 14.8 Å². The lowest BCUT2D eigenvalue weighted by atomic mass is 9.92. The normalized spacial score (nSPS) is 14.5. The minimum atomic E-state index is -0.629. The molecule has 1 aliphatic rings. The molecular weight excluding hydrogens is 527 g/mol. The molecule has 0 spiro atoms. The van der Waals surface area contributed by atoms with E-state index in [2.05, 4.69) is 15.4 Å². The van der Waals surface area contributed by atoms with Crippen LogP contribution in [0.25, 0.3) is 5.70 Å². The van der Waals surface area contributed by atoms with E-state index in [9.17, 15) is 4.79 Å². The van der Waals surface area contributed by atoms with Crippen LogP contribution in [-0.4, -0.2) is 34.5 Å². The first kappa shape index (κ1) is 25.6. The maximum absolute atomic E-state index is 13.2. The Balaban J connectivity index is 1.57. The van der Waals surface area contributed by atoms with Crippen molar-refractivity contribution in [3.8, 4) is 11.5 Å². The van der Waals surface area contributed by atoms with Gasteiger partial charge >= 0.3 is 5.97 Å². The number of esters is 1. The summed E-state index contributed by atoms with van der Waals surface area (Å²) in [5.74, 6) is 1.05. The molecule has 194 valence electrons. The molecule has 4 aromatic rings. The van der Waals surface area contributed by atoms with Crippen molar-refractivity contribution in [1.82, 2.24) is 14.8 Å². The van der Waals surface area contributed by atoms with Gasteiger partial charge in [-0.25, -0.2) is 9.48 Å². The largest absolute Gasteiger partial charge is 0.490 e. The van der Waals surface area contributed by atoms with Gasteiger partial charge in [0.15, 0.2) is 11.5 Å². The van der Waals surface area contributed by atoms with E-state index in [0.29, 0.717) is 45.4 Å². The molecule has 0 saturated heterocycles. The number of hydrogen-bond acceptors (Lipinski definition) is 7. The van der Waals surface area contributed by atoms with Gasteiger partial charge in [0.05, 0.1) is 25.0 Å². The fourth-order valence-electron chi connectivity index (χ4n) is 4.31. The number of nitrogens with zero attached hydrogens (tertiary/aromatic N) is 3. The minimum absolute atomic E-state index is 0.224. The fraction of sp³-hybridized carbons (Fsp3) is 0.179. The number of methoxy groups -OCH3 is 1. The second-order valence-corrected chi connectivity index (χ2v) is 9.21. The van der Waals surface area contributed by atoms with Crippen molar-refractivity contribution in [2.45, 2.75) is 19.6 Å². The van der Waals surface area contributed by atoms with Gasteiger partial charge in [-0.05, 0) is 42.3 Å². The Labute approximate surface area is 229 Å². The third kappa shape index (κ3) is 5.05. The number of benzene rings is 3. The molecule has 0 radical (unpaired) electrons. The van der Waals surface area contributed by atoms with Crippen LogP contribution in [0.4, 0.5) is 5.95 Å². The zero-order chi connectivity index (χ0) is 26.6. The van der Waals surface area contributed by atoms with Crippen LogP contribution in [0.2, 0.25) is 10.0 Å². The number of carbonyl (C=O) groups is 1. The van der Waals surface area contributed by atoms with E-state index < -0.39 is 12.0 Å². The molecular formula is C28H24Cl2N4O4. The Kier molecular flexibility index (Phi) is 7.53. The van der Waals surface area contributed by atoms with Crippen molar-refractivity contribution in [2.75, 3.05) is 19.0 Å². The highest BCUT2D eigenvalue weighted by Crippen LogP contribution is 2.41. The lowest BCUT2D eigenvalue weighted by molar-refractivity contribution is -0.136. The Bertz CT molecular complexity index is 1500. The predicted molar refractivity (Wildman–Crippen MR) is 146 cm³/mol. The lowest BCUT2D eigenvalue weighted by Gasteiger charge is -2.29. The second-order valence-electron chi connectivity index (χ2n) is 8.37. The third-order valence-electron chi connectivity index (χ3n) is 6.05. The van der Waals surface area contributed by atoms with Crippen molar-refractivity contribution < 1.29 is 19.0 Å². The molecule has 0 aliphatic carbocycles. The quantitative estimate of drug-likeness (QED) is 0.263. The van der Waals surface area contributed by atoms with Gasteiger partial charge in [0.2, 0.25) is 5.95 Å². The SMILES string of the molecule is CCOc1cc([C@H]2C(C(=O)OC)=C(c3ccccc3)Nc3ncnn32)ccc1OCc1ccc(Cl)cc1Cl. The van der Waals surface area contributed by atoms with E-state index in [-0.39, 0.29) is 6.61 Å². The molecule has 0 fully saturated rings. The maximum atomic E-state index is 13.2. The van der Waals surface area contributed by atoms with Crippen LogP contribution in [0.5, 0.6) is 11.5 Å². The fourth-order valence-corrected chi connectivity index (χ4v) is 4.77. The third-order valence-corrected chi connectivity index (χ3v) is 6.63. The van der Waals surface area contributed by atoms with Crippen LogP contribution in [0, 0.1) is 0 Å². The van der Waals surface area contributed by atoms with Gasteiger partial charge in [-0.3, -0.25) is 0 Å². The number of halogens is 2. The number of carbonyl (C=O) groups excluding carboxylic acids is 1. The molecule has 3 aromatic carbocycles. The molecule has 1 aliphatic heterocycles. The Morgan fingerprint density at radius 1 is 1.03 bits per heavy atom. The molecule has 0 saturated carbocycles. The summed E-state index contributed by atoms with van der Waals surface area (Å²) in [6, 6.07) is 19.7. The minimum Gasteiger partial charge on any atom is -0.490 e. The van der Waals surface area contributed by atoms with E-state index in [1.165, 1.54) is 13.4 Å². The summed E-state index contributed by atoms with van der Waals surface area (Å²) < 4.78 is 18.9. The van der Waals surface area contributed by atoms with E-state index in [4.69, 9.17) is 37.4 Å². The zero-order valence-electron chi connectivity index (χ0n) is 20.7. The average Bonchev–Trinajstić information content (AvgIpc) is 3.41. The summed E-state index contributed by atoms with van der Waals surface area (Å²) >= 11 is 12.3. The molecule has 38 heavy (non-hydrogen) atoms. The van der Waals surface area contributed by atoms with E-state index in [1.807, 2.05) is 55.5 Å². The summed E-state index contributed by atoms with van der Waals surface area (Å²) in [5.41, 5.74) is 3.33. The monoisotopic (exact) mass is 550 g/mol. The van der Waals surface area contributed by atoms with Gasteiger partial charge in [0, 0.05) is 15.6 Å². The summed E-state index contributed by atoms with van der Waals surface area (Å²) in [5, 5.41) is 8.72. The predicted octanol–water partition coefficient (Wildman–Crippen LogP) is 6.16. The number of fused-ring (bicyclic) bond motifs is 1. The molecule has 0 bridgehead atoms. The summed E-state index contributed by atoms with van der Waals surface area (Å²) in [7, 11) is 1.36. The first-order valence-electron chi connectivity index (χ1n) is 11.9. The molecule has 1 N–H and O–H groups in total. The van der Waals surface area contributed by atoms with E-state index >= 15 is 0 Å². The molecule has 2 heterocycles. The van der Waals surface area contributed by atoms with E-state index in [0.717, 1.165) is 16.7 Å². The molecule has 5 rings (SSSR count). The summed E-state index contributed by atoms with van der Waals surface area (Å²) in [4.78, 5) is 17.6. The van der Waals surface area contributed by atoms with Crippen LogP contribution in [0.1, 0.15) is 29.7 Å². The van der Waals surface area contributed by atoms with Crippen LogP contribution in [0.3, 0.4) is 0 Å². The van der Waals surface area contributed by atoms with Gasteiger partial charge < -0.3 is 19.5 Å². The number of aromatic nitrogens is 3. The summed E-state index contributed by atoms with van der Waals surface area (Å²) in [6.07, 6.45) is 1.44. The van der Waals surface area contributed by atoms with Gasteiger partial charge in [0.1, 0.15) is 19.0 Å². The van der Waals surface area contributed by atoms with Gasteiger partial charge in [-0.2, -0.15) is 10.1 Å². The molecule has 0 unspecified atom stereocenters. The summed E-state index contributed by atoms with van der Waals surface area (Å²) in [6.45, 7) is 2.53. The van der Waals surface area contributed by atoms with Crippen molar-refractivity contribution >= 4 is 40.8 Å². The maximum Gasteiger partial charge on any atom is 0.338 e. The first-order valence-corrected chi connectivity index (χ1v) is 12.6. The lowest BCUT2D eigenvalue weighted by Crippen LogP contribution is -2.29. The Hall–Kier alpha value is -4.01. The number of ether oxygens (including phenoxy) is 3. The molecule has 1 aromatic heterocycles. The van der Waals surface area contributed by atoms with Crippen LogP contribution in [-0.2, 0) is 16.1 Å².